The summed E-state index contributed by atoms with van der Waals surface area (Å²) in [6.45, 7) is 4.88. The first-order chi connectivity index (χ1) is 5.29. The molecule has 0 aromatic heterocycles. The second-order valence-electron chi connectivity index (χ2n) is 4.06. The van der Waals surface area contributed by atoms with Crippen LogP contribution in [-0.4, -0.2) is 37.1 Å². The number of rotatable bonds is 0. The van der Waals surface area contributed by atoms with Gasteiger partial charge in [-0.25, -0.2) is 0 Å². The van der Waals surface area contributed by atoms with Crippen molar-refractivity contribution in [3.05, 3.63) is 0 Å². The molecule has 2 fully saturated rings. The number of hydrogen-bond donors (Lipinski definition) is 1. The maximum atomic E-state index is 3.62. The summed E-state index contributed by atoms with van der Waals surface area (Å²) in [5.74, 6) is 0.934. The lowest BCUT2D eigenvalue weighted by Crippen LogP contribution is -2.45. The van der Waals surface area contributed by atoms with Gasteiger partial charge in [0.2, 0.25) is 0 Å². The highest BCUT2D eigenvalue weighted by Gasteiger charge is 2.37. The number of fused-ring (bicyclic) bond motifs is 1. The molecule has 2 rings (SSSR count). The lowest BCUT2D eigenvalue weighted by Gasteiger charge is -2.28. The van der Waals surface area contributed by atoms with Crippen LogP contribution in [0.5, 0.6) is 0 Å². The molecule has 3 atom stereocenters. The molecule has 0 aromatic rings. The summed E-state index contributed by atoms with van der Waals surface area (Å²) >= 11 is 0. The molecule has 0 aliphatic carbocycles. The molecular weight excluding hydrogens is 136 g/mol. The van der Waals surface area contributed by atoms with E-state index >= 15 is 0 Å². The monoisotopic (exact) mass is 154 g/mol. The van der Waals surface area contributed by atoms with Crippen molar-refractivity contribution < 1.29 is 0 Å². The van der Waals surface area contributed by atoms with Crippen LogP contribution in [-0.2, 0) is 0 Å². The van der Waals surface area contributed by atoms with E-state index in [0.717, 1.165) is 18.0 Å². The maximum Gasteiger partial charge on any atom is 0.0261 e. The Balaban J connectivity index is 2.05. The van der Waals surface area contributed by atoms with Crippen LogP contribution in [0.15, 0.2) is 0 Å². The summed E-state index contributed by atoms with van der Waals surface area (Å²) in [6.07, 6.45) is 2.81. The first kappa shape index (κ1) is 7.56. The molecule has 2 heteroatoms. The van der Waals surface area contributed by atoms with Gasteiger partial charge in [0.25, 0.3) is 0 Å². The van der Waals surface area contributed by atoms with Gasteiger partial charge in [0.15, 0.2) is 0 Å². The van der Waals surface area contributed by atoms with Gasteiger partial charge < -0.3 is 10.2 Å². The van der Waals surface area contributed by atoms with Gasteiger partial charge in [-0.05, 0) is 39.3 Å². The topological polar surface area (TPSA) is 15.3 Å². The summed E-state index contributed by atoms with van der Waals surface area (Å²) in [7, 11) is 2.24. The molecule has 0 bridgehead atoms. The highest BCUT2D eigenvalue weighted by molar-refractivity contribution is 4.96. The van der Waals surface area contributed by atoms with Gasteiger partial charge in [-0.15, -0.1) is 0 Å². The summed E-state index contributed by atoms with van der Waals surface area (Å²) < 4.78 is 0. The van der Waals surface area contributed by atoms with Crippen molar-refractivity contribution in [2.75, 3.05) is 20.1 Å². The van der Waals surface area contributed by atoms with Crippen LogP contribution >= 0.6 is 0 Å². The van der Waals surface area contributed by atoms with Crippen molar-refractivity contribution in [3.8, 4) is 0 Å². The molecule has 2 nitrogen and oxygen atoms in total. The van der Waals surface area contributed by atoms with E-state index in [1.54, 1.807) is 0 Å². The van der Waals surface area contributed by atoms with E-state index in [-0.39, 0.29) is 0 Å². The van der Waals surface area contributed by atoms with Crippen LogP contribution in [0.3, 0.4) is 0 Å². The van der Waals surface area contributed by atoms with Gasteiger partial charge in [-0.3, -0.25) is 0 Å². The third-order valence-electron chi connectivity index (χ3n) is 3.38. The smallest absolute Gasteiger partial charge is 0.0261 e. The lowest BCUT2D eigenvalue weighted by molar-refractivity contribution is 0.290. The summed E-state index contributed by atoms with van der Waals surface area (Å²) in [4.78, 5) is 2.48. The fourth-order valence-electron chi connectivity index (χ4n) is 2.56. The van der Waals surface area contributed by atoms with E-state index in [0.29, 0.717) is 0 Å². The third-order valence-corrected chi connectivity index (χ3v) is 3.38. The van der Waals surface area contributed by atoms with Gasteiger partial charge in [-0.2, -0.15) is 0 Å². The minimum atomic E-state index is 0.750. The van der Waals surface area contributed by atoms with Gasteiger partial charge in [0, 0.05) is 18.6 Å². The van der Waals surface area contributed by atoms with E-state index in [1.807, 2.05) is 0 Å². The van der Waals surface area contributed by atoms with Crippen LogP contribution in [0.25, 0.3) is 0 Å². The van der Waals surface area contributed by atoms with Crippen molar-refractivity contribution in [2.45, 2.75) is 31.8 Å². The van der Waals surface area contributed by atoms with Crippen molar-refractivity contribution in [1.29, 1.82) is 0 Å². The largest absolute Gasteiger partial charge is 0.312 e. The molecule has 0 radical (unpaired) electrons. The van der Waals surface area contributed by atoms with Crippen molar-refractivity contribution >= 4 is 0 Å². The highest BCUT2D eigenvalue weighted by Crippen LogP contribution is 2.28. The number of hydrogen-bond acceptors (Lipinski definition) is 2. The average Bonchev–Trinajstić information content (AvgIpc) is 2.30. The maximum absolute atomic E-state index is 3.62. The molecule has 0 aromatic carbocycles. The zero-order valence-electron chi connectivity index (χ0n) is 7.51. The molecule has 3 unspecified atom stereocenters. The summed E-state index contributed by atoms with van der Waals surface area (Å²) in [5, 5.41) is 3.62. The fraction of sp³-hybridized carbons (Fsp3) is 1.00. The quantitative estimate of drug-likeness (QED) is 0.552. The minimum absolute atomic E-state index is 0.750. The molecule has 1 N–H and O–H groups in total. The number of nitrogens with zero attached hydrogens (tertiary/aromatic N) is 1. The molecule has 2 aliphatic heterocycles. The van der Waals surface area contributed by atoms with Crippen LogP contribution in [0.1, 0.15) is 19.8 Å². The van der Waals surface area contributed by atoms with Crippen molar-refractivity contribution in [3.63, 3.8) is 0 Å². The molecular formula is C9H18N2. The molecule has 0 saturated carbocycles. The molecule has 64 valence electrons. The van der Waals surface area contributed by atoms with Crippen molar-refractivity contribution in [1.82, 2.24) is 10.2 Å². The van der Waals surface area contributed by atoms with E-state index in [1.165, 1.54) is 25.9 Å². The van der Waals surface area contributed by atoms with Crippen LogP contribution in [0, 0.1) is 5.92 Å². The predicted octanol–water partition coefficient (Wildman–Crippen LogP) is 0.689. The molecule has 0 spiro atoms. The van der Waals surface area contributed by atoms with Crippen LogP contribution in [0.2, 0.25) is 0 Å². The lowest BCUT2D eigenvalue weighted by atomic mass is 9.91. The normalized spacial score (nSPS) is 45.8. The van der Waals surface area contributed by atoms with Crippen LogP contribution in [0.4, 0.5) is 0 Å². The Morgan fingerprint density at radius 1 is 1.45 bits per heavy atom. The SMILES string of the molecule is CC1C2NCCCC2CN1C. The summed E-state index contributed by atoms with van der Waals surface area (Å²) in [5.41, 5.74) is 0. The molecule has 11 heavy (non-hydrogen) atoms. The Morgan fingerprint density at radius 2 is 2.27 bits per heavy atom. The number of nitrogens with one attached hydrogen (secondary N) is 1. The Bertz CT molecular complexity index is 146. The van der Waals surface area contributed by atoms with E-state index < -0.39 is 0 Å². The van der Waals surface area contributed by atoms with Gasteiger partial charge >= 0.3 is 0 Å². The first-order valence-electron chi connectivity index (χ1n) is 4.72. The second-order valence-corrected chi connectivity index (χ2v) is 4.06. The zero-order chi connectivity index (χ0) is 7.84. The standard InChI is InChI=1S/C9H18N2/c1-7-9-8(6-11(7)2)4-3-5-10-9/h7-10H,3-6H2,1-2H3. The van der Waals surface area contributed by atoms with E-state index in [4.69, 9.17) is 0 Å². The number of likely N-dealkylation sites (tertiary alicyclic amines) is 1. The number of likely N-dealkylation sites (N-methyl/N-ethyl adjacent to an activating group) is 1. The highest BCUT2D eigenvalue weighted by atomic mass is 15.2. The average molecular weight is 154 g/mol. The minimum Gasteiger partial charge on any atom is -0.312 e. The van der Waals surface area contributed by atoms with Gasteiger partial charge in [-0.1, -0.05) is 0 Å². The fourth-order valence-corrected chi connectivity index (χ4v) is 2.56. The molecule has 2 heterocycles. The molecule has 0 amide bonds. The Labute approximate surface area is 69.0 Å². The number of piperidine rings is 1. The summed E-state index contributed by atoms with van der Waals surface area (Å²) in [6, 6.07) is 1.54. The molecule has 2 saturated heterocycles. The second kappa shape index (κ2) is 2.76. The Morgan fingerprint density at radius 3 is 3.00 bits per heavy atom. The first-order valence-corrected chi connectivity index (χ1v) is 4.72. The Kier molecular flexibility index (Phi) is 1.90. The van der Waals surface area contributed by atoms with E-state index in [9.17, 15) is 0 Å². The predicted molar refractivity (Wildman–Crippen MR) is 46.6 cm³/mol. The van der Waals surface area contributed by atoms with Crippen LogP contribution < -0.4 is 5.32 Å². The van der Waals surface area contributed by atoms with Gasteiger partial charge in [0.05, 0.1) is 0 Å². The van der Waals surface area contributed by atoms with E-state index in [2.05, 4.69) is 24.2 Å². The van der Waals surface area contributed by atoms with Gasteiger partial charge in [0.1, 0.15) is 0 Å². The third kappa shape index (κ3) is 1.18. The molecule has 2 aliphatic rings. The van der Waals surface area contributed by atoms with Crippen molar-refractivity contribution in [2.24, 2.45) is 5.92 Å². The Hall–Kier alpha value is -0.0800. The zero-order valence-corrected chi connectivity index (χ0v) is 7.51.